The van der Waals surface area contributed by atoms with Crippen LogP contribution in [0.15, 0.2) is 18.2 Å². The Morgan fingerprint density at radius 1 is 1.31 bits per heavy atom. The molecule has 0 aliphatic rings. The van der Waals surface area contributed by atoms with Crippen LogP contribution in [-0.2, 0) is 0 Å². The largest absolute Gasteiger partial charge is 0.322 e. The predicted molar refractivity (Wildman–Crippen MR) is 65.8 cm³/mol. The molecule has 1 rings (SSSR count). The van der Waals surface area contributed by atoms with E-state index in [0.29, 0.717) is 5.56 Å². The highest BCUT2D eigenvalue weighted by Gasteiger charge is 2.29. The van der Waals surface area contributed by atoms with Crippen molar-refractivity contribution in [2.45, 2.75) is 32.4 Å². The van der Waals surface area contributed by atoms with Crippen molar-refractivity contribution in [3.05, 3.63) is 35.1 Å². The lowest BCUT2D eigenvalue weighted by Gasteiger charge is -2.38. The summed E-state index contributed by atoms with van der Waals surface area (Å²) in [5.74, 6) is -0.182. The van der Waals surface area contributed by atoms with Gasteiger partial charge in [0, 0.05) is 11.6 Å². The fraction of sp³-hybridized carbons (Fsp3) is 0.538. The second kappa shape index (κ2) is 4.52. The summed E-state index contributed by atoms with van der Waals surface area (Å²) < 4.78 is 13.2. The van der Waals surface area contributed by atoms with E-state index in [4.69, 9.17) is 5.73 Å². The maximum absolute atomic E-state index is 13.2. The van der Waals surface area contributed by atoms with Crippen LogP contribution in [0.2, 0.25) is 0 Å². The van der Waals surface area contributed by atoms with Crippen LogP contribution in [0.4, 0.5) is 4.39 Å². The standard InChI is InChI=1S/C13H21FN2/c1-9-8-10(6-7-11(9)14)12(15)13(2,3)16(4)5/h6-8,12H,15H2,1-5H3. The fourth-order valence-electron chi connectivity index (χ4n) is 1.55. The summed E-state index contributed by atoms with van der Waals surface area (Å²) in [7, 11) is 3.99. The maximum atomic E-state index is 13.2. The van der Waals surface area contributed by atoms with Gasteiger partial charge in [0.05, 0.1) is 0 Å². The first-order chi connectivity index (χ1) is 7.26. The predicted octanol–water partition coefficient (Wildman–Crippen LogP) is 2.47. The molecular formula is C13H21FN2. The Kier molecular flexibility index (Phi) is 3.71. The van der Waals surface area contributed by atoms with Gasteiger partial charge in [0.2, 0.25) is 0 Å². The van der Waals surface area contributed by atoms with Crippen molar-refractivity contribution in [3.8, 4) is 0 Å². The van der Waals surface area contributed by atoms with Gasteiger partial charge in [-0.15, -0.1) is 0 Å². The number of nitrogens with two attached hydrogens (primary N) is 1. The molecule has 0 aromatic heterocycles. The van der Waals surface area contributed by atoms with E-state index >= 15 is 0 Å². The van der Waals surface area contributed by atoms with Crippen LogP contribution in [0, 0.1) is 12.7 Å². The molecule has 0 spiro atoms. The molecule has 0 heterocycles. The molecule has 1 unspecified atom stereocenters. The van der Waals surface area contributed by atoms with Gasteiger partial charge in [-0.25, -0.2) is 4.39 Å². The van der Waals surface area contributed by atoms with Crippen LogP contribution in [-0.4, -0.2) is 24.5 Å². The average molecular weight is 224 g/mol. The van der Waals surface area contributed by atoms with Gasteiger partial charge in [0.1, 0.15) is 5.82 Å². The number of hydrogen-bond acceptors (Lipinski definition) is 2. The van der Waals surface area contributed by atoms with Gasteiger partial charge in [0.25, 0.3) is 0 Å². The summed E-state index contributed by atoms with van der Waals surface area (Å²) in [6.07, 6.45) is 0. The second-order valence-electron chi connectivity index (χ2n) is 5.03. The number of nitrogens with zero attached hydrogens (tertiary/aromatic N) is 1. The van der Waals surface area contributed by atoms with Gasteiger partial charge < -0.3 is 10.6 Å². The molecule has 0 aliphatic carbocycles. The summed E-state index contributed by atoms with van der Waals surface area (Å²) in [6, 6.07) is 4.93. The smallest absolute Gasteiger partial charge is 0.126 e. The fourth-order valence-corrected chi connectivity index (χ4v) is 1.55. The molecule has 2 N–H and O–H groups in total. The highest BCUT2D eigenvalue weighted by molar-refractivity contribution is 5.28. The van der Waals surface area contributed by atoms with Crippen molar-refractivity contribution >= 4 is 0 Å². The molecule has 16 heavy (non-hydrogen) atoms. The first kappa shape index (κ1) is 13.1. The lowest BCUT2D eigenvalue weighted by Crippen LogP contribution is -2.47. The van der Waals surface area contributed by atoms with Crippen LogP contribution in [0.1, 0.15) is 31.0 Å². The van der Waals surface area contributed by atoms with Crippen LogP contribution in [0.3, 0.4) is 0 Å². The number of halogens is 1. The average Bonchev–Trinajstić information content (AvgIpc) is 2.20. The van der Waals surface area contributed by atoms with Crippen molar-refractivity contribution in [3.63, 3.8) is 0 Å². The van der Waals surface area contributed by atoms with Crippen LogP contribution < -0.4 is 5.73 Å². The summed E-state index contributed by atoms with van der Waals surface area (Å²) in [4.78, 5) is 2.08. The first-order valence-electron chi connectivity index (χ1n) is 5.46. The van der Waals surface area contributed by atoms with Crippen molar-refractivity contribution in [1.29, 1.82) is 0 Å². The number of rotatable bonds is 3. The number of likely N-dealkylation sites (N-methyl/N-ethyl adjacent to an activating group) is 1. The minimum Gasteiger partial charge on any atom is -0.322 e. The van der Waals surface area contributed by atoms with Gasteiger partial charge in [-0.05, 0) is 52.1 Å². The van der Waals surface area contributed by atoms with Crippen molar-refractivity contribution in [2.24, 2.45) is 5.73 Å². The zero-order chi connectivity index (χ0) is 12.5. The third kappa shape index (κ3) is 2.42. The van der Waals surface area contributed by atoms with Gasteiger partial charge >= 0.3 is 0 Å². The second-order valence-corrected chi connectivity index (χ2v) is 5.03. The lowest BCUT2D eigenvalue weighted by molar-refractivity contribution is 0.159. The molecule has 1 aromatic rings. The summed E-state index contributed by atoms with van der Waals surface area (Å²) in [5, 5.41) is 0. The molecule has 0 radical (unpaired) electrons. The third-order valence-corrected chi connectivity index (χ3v) is 3.45. The van der Waals surface area contributed by atoms with E-state index in [9.17, 15) is 4.39 Å². The molecule has 0 saturated heterocycles. The highest BCUT2D eigenvalue weighted by Crippen LogP contribution is 2.28. The molecule has 0 saturated carbocycles. The molecule has 0 aliphatic heterocycles. The molecule has 2 nitrogen and oxygen atoms in total. The van der Waals surface area contributed by atoms with E-state index in [2.05, 4.69) is 18.7 Å². The summed E-state index contributed by atoms with van der Waals surface area (Å²) >= 11 is 0. The van der Waals surface area contributed by atoms with E-state index in [-0.39, 0.29) is 17.4 Å². The Morgan fingerprint density at radius 3 is 2.31 bits per heavy atom. The Bertz CT molecular complexity index is 372. The van der Waals surface area contributed by atoms with E-state index < -0.39 is 0 Å². The zero-order valence-corrected chi connectivity index (χ0v) is 10.7. The molecule has 0 fully saturated rings. The molecule has 3 heteroatoms. The topological polar surface area (TPSA) is 29.3 Å². The molecule has 1 aromatic carbocycles. The van der Waals surface area contributed by atoms with Crippen molar-refractivity contribution in [1.82, 2.24) is 4.90 Å². The van der Waals surface area contributed by atoms with E-state index in [0.717, 1.165) is 5.56 Å². The third-order valence-electron chi connectivity index (χ3n) is 3.45. The monoisotopic (exact) mass is 224 g/mol. The van der Waals surface area contributed by atoms with E-state index in [1.165, 1.54) is 6.07 Å². The Hall–Kier alpha value is -0.930. The minimum atomic E-state index is -0.182. The SMILES string of the molecule is Cc1cc(C(N)C(C)(C)N(C)C)ccc1F. The van der Waals surface area contributed by atoms with E-state index in [1.807, 2.05) is 20.2 Å². The Morgan fingerprint density at radius 2 is 1.88 bits per heavy atom. The molecule has 90 valence electrons. The van der Waals surface area contributed by atoms with Crippen molar-refractivity contribution < 1.29 is 4.39 Å². The van der Waals surface area contributed by atoms with Gasteiger partial charge in [-0.3, -0.25) is 0 Å². The first-order valence-corrected chi connectivity index (χ1v) is 5.46. The minimum absolute atomic E-state index is 0.137. The summed E-state index contributed by atoms with van der Waals surface area (Å²) in [6.45, 7) is 5.92. The van der Waals surface area contributed by atoms with Gasteiger partial charge in [-0.2, -0.15) is 0 Å². The normalized spacial score (nSPS) is 14.2. The van der Waals surface area contributed by atoms with Crippen molar-refractivity contribution in [2.75, 3.05) is 14.1 Å². The number of aryl methyl sites for hydroxylation is 1. The zero-order valence-electron chi connectivity index (χ0n) is 10.7. The summed E-state index contributed by atoms with van der Waals surface area (Å²) in [5.41, 5.74) is 7.68. The quantitative estimate of drug-likeness (QED) is 0.854. The van der Waals surface area contributed by atoms with Gasteiger partial charge in [0.15, 0.2) is 0 Å². The molecule has 0 amide bonds. The van der Waals surface area contributed by atoms with E-state index in [1.54, 1.807) is 13.0 Å². The highest BCUT2D eigenvalue weighted by atomic mass is 19.1. The maximum Gasteiger partial charge on any atom is 0.126 e. The molecule has 1 atom stereocenters. The lowest BCUT2D eigenvalue weighted by atomic mass is 9.87. The molecule has 0 bridgehead atoms. The van der Waals surface area contributed by atoms with Gasteiger partial charge in [-0.1, -0.05) is 12.1 Å². The van der Waals surface area contributed by atoms with Crippen LogP contribution >= 0.6 is 0 Å². The Labute approximate surface area is 97.3 Å². The van der Waals surface area contributed by atoms with Crippen LogP contribution in [0.25, 0.3) is 0 Å². The Balaban J connectivity index is 3.05. The van der Waals surface area contributed by atoms with Crippen LogP contribution in [0.5, 0.6) is 0 Å². The number of hydrogen-bond donors (Lipinski definition) is 1. The number of benzene rings is 1. The molecular weight excluding hydrogens is 203 g/mol.